The van der Waals surface area contributed by atoms with Crippen molar-refractivity contribution in [3.63, 3.8) is 0 Å². The minimum atomic E-state index is -1.05. The summed E-state index contributed by atoms with van der Waals surface area (Å²) >= 11 is 0. The van der Waals surface area contributed by atoms with Crippen LogP contribution in [0.3, 0.4) is 0 Å². The molecule has 0 aliphatic carbocycles. The molecule has 3 amide bonds. The molecule has 0 aromatic rings. The van der Waals surface area contributed by atoms with Crippen LogP contribution in [0.4, 0.5) is 0 Å². The maximum Gasteiger partial charge on any atom is 0.329 e. The number of amides is 3. The van der Waals surface area contributed by atoms with Crippen LogP contribution in [-0.4, -0.2) is 124 Å². The fourth-order valence-electron chi connectivity index (χ4n) is 5.66. The number of hydrogen-bond donors (Lipinski definition) is 4. The second-order valence-corrected chi connectivity index (χ2v) is 16.4. The van der Waals surface area contributed by atoms with Crippen molar-refractivity contribution in [1.82, 2.24) is 16.0 Å². The zero-order valence-corrected chi connectivity index (χ0v) is 37.0. The SMILES string of the molecule is CC(C)(C)OC(=O)CCCCCCCCCCCCCCCCC(=O)NC(CC(=C=O)C(=O)NCCOCCOCC(=O)NCCOCCOCC(=O)O)OC(C)(C)C. The lowest BCUT2D eigenvalue weighted by Crippen LogP contribution is -2.43. The highest BCUT2D eigenvalue weighted by Crippen LogP contribution is 2.17. The van der Waals surface area contributed by atoms with Gasteiger partial charge >= 0.3 is 11.9 Å². The van der Waals surface area contributed by atoms with E-state index in [9.17, 15) is 28.8 Å². The van der Waals surface area contributed by atoms with Gasteiger partial charge < -0.3 is 49.5 Å². The number of carboxylic acid groups (broad SMARTS) is 1. The van der Waals surface area contributed by atoms with Gasteiger partial charge in [-0.15, -0.1) is 0 Å². The van der Waals surface area contributed by atoms with Gasteiger partial charge in [0.1, 0.15) is 36.6 Å². The third-order valence-electron chi connectivity index (χ3n) is 8.36. The quantitative estimate of drug-likeness (QED) is 0.0203. The molecule has 16 heteroatoms. The lowest BCUT2D eigenvalue weighted by molar-refractivity contribution is -0.155. The van der Waals surface area contributed by atoms with Crippen LogP contribution >= 0.6 is 0 Å². The van der Waals surface area contributed by atoms with Crippen molar-refractivity contribution in [3.05, 3.63) is 5.57 Å². The van der Waals surface area contributed by atoms with Gasteiger partial charge in [0.2, 0.25) is 11.8 Å². The highest BCUT2D eigenvalue weighted by molar-refractivity contribution is 6.00. The van der Waals surface area contributed by atoms with Crippen LogP contribution in [0.25, 0.3) is 0 Å². The first-order valence-electron chi connectivity index (χ1n) is 21.5. The zero-order valence-electron chi connectivity index (χ0n) is 37.0. The molecule has 0 bridgehead atoms. The van der Waals surface area contributed by atoms with E-state index < -0.39 is 29.3 Å². The van der Waals surface area contributed by atoms with Gasteiger partial charge in [-0.2, -0.15) is 0 Å². The molecule has 0 fully saturated rings. The number of unbranched alkanes of at least 4 members (excludes halogenated alkanes) is 13. The minimum Gasteiger partial charge on any atom is -0.480 e. The fraction of sp³-hybridized carbons (Fsp3) is 0.837. The minimum absolute atomic E-state index is 0.102. The van der Waals surface area contributed by atoms with E-state index in [0.717, 1.165) is 38.5 Å². The van der Waals surface area contributed by atoms with Crippen molar-refractivity contribution in [2.24, 2.45) is 0 Å². The molecule has 0 saturated carbocycles. The van der Waals surface area contributed by atoms with Crippen LogP contribution in [0.5, 0.6) is 0 Å². The topological polar surface area (TPSA) is 214 Å². The maximum absolute atomic E-state index is 12.8. The summed E-state index contributed by atoms with van der Waals surface area (Å²) in [7, 11) is 0. The van der Waals surface area contributed by atoms with Gasteiger partial charge in [-0.05, 0) is 54.4 Å². The Kier molecular flexibility index (Phi) is 33.3. The summed E-state index contributed by atoms with van der Waals surface area (Å²) in [5.74, 6) is -0.633. The number of rotatable bonds is 38. The van der Waals surface area contributed by atoms with Crippen molar-refractivity contribution in [3.8, 4) is 0 Å². The molecule has 0 aliphatic rings. The Morgan fingerprint density at radius 1 is 0.559 bits per heavy atom. The molecule has 0 aromatic heterocycles. The highest BCUT2D eigenvalue weighted by atomic mass is 16.6. The molecule has 0 aliphatic heterocycles. The average molecular weight is 844 g/mol. The molecule has 0 saturated heterocycles. The molecule has 59 heavy (non-hydrogen) atoms. The van der Waals surface area contributed by atoms with Crippen LogP contribution in [0.2, 0.25) is 0 Å². The van der Waals surface area contributed by atoms with Gasteiger partial charge in [0, 0.05) is 32.4 Å². The highest BCUT2D eigenvalue weighted by Gasteiger charge is 2.25. The lowest BCUT2D eigenvalue weighted by atomic mass is 10.0. The van der Waals surface area contributed by atoms with Gasteiger partial charge in [-0.25, -0.2) is 9.59 Å². The molecule has 0 rings (SSSR count). The Balaban J connectivity index is 4.05. The summed E-state index contributed by atoms with van der Waals surface area (Å²) in [5, 5.41) is 16.5. The van der Waals surface area contributed by atoms with E-state index in [1.165, 1.54) is 51.4 Å². The molecule has 1 unspecified atom stereocenters. The van der Waals surface area contributed by atoms with E-state index in [1.807, 2.05) is 41.5 Å². The van der Waals surface area contributed by atoms with Gasteiger partial charge in [0.25, 0.3) is 5.91 Å². The number of aliphatic carboxylic acids is 1. The molecule has 0 radical (unpaired) electrons. The normalized spacial score (nSPS) is 12.0. The van der Waals surface area contributed by atoms with Gasteiger partial charge in [0.15, 0.2) is 0 Å². The fourth-order valence-corrected chi connectivity index (χ4v) is 5.66. The van der Waals surface area contributed by atoms with Gasteiger partial charge in [0.05, 0.1) is 45.2 Å². The summed E-state index contributed by atoms with van der Waals surface area (Å²) in [5.41, 5.74) is -1.23. The third kappa shape index (κ3) is 39.8. The first kappa shape index (κ1) is 55.6. The van der Waals surface area contributed by atoms with Crippen molar-refractivity contribution >= 4 is 35.6 Å². The average Bonchev–Trinajstić information content (AvgIpc) is 3.14. The van der Waals surface area contributed by atoms with Crippen LogP contribution in [0, 0.1) is 0 Å². The van der Waals surface area contributed by atoms with Crippen LogP contribution < -0.4 is 16.0 Å². The molecular weight excluding hydrogens is 766 g/mol. The molecule has 0 spiro atoms. The monoisotopic (exact) mass is 844 g/mol. The Bertz CT molecular complexity index is 1210. The standard InChI is InChI=1S/C43H77N3O13/c1-42(2,3)58-38(46-36(48)21-19-17-15-13-11-9-7-8-10-12-14-16-18-20-22-40(52)59-43(4,5)6)31-35(32-47)41(53)45-24-26-55-27-29-56-33-37(49)44-23-25-54-28-30-57-34-39(50)51/h38H,7-31,33-34H2,1-6H3,(H,44,49)(H,45,53)(H,46,48)(H,50,51). The van der Waals surface area contributed by atoms with Crippen molar-refractivity contribution in [2.45, 2.75) is 168 Å². The second-order valence-electron chi connectivity index (χ2n) is 16.4. The molecule has 0 heterocycles. The Labute approximate surface area is 352 Å². The number of nitrogens with one attached hydrogen (secondary N) is 3. The van der Waals surface area contributed by atoms with Crippen LogP contribution in [0.1, 0.15) is 151 Å². The first-order valence-corrected chi connectivity index (χ1v) is 21.5. The summed E-state index contributed by atoms with van der Waals surface area (Å²) in [4.78, 5) is 71.1. The molecule has 16 nitrogen and oxygen atoms in total. The van der Waals surface area contributed by atoms with Crippen molar-refractivity contribution in [1.29, 1.82) is 0 Å². The molecule has 0 aromatic carbocycles. The Morgan fingerprint density at radius 3 is 1.49 bits per heavy atom. The van der Waals surface area contributed by atoms with E-state index in [1.54, 1.807) is 5.94 Å². The Morgan fingerprint density at radius 2 is 1.02 bits per heavy atom. The van der Waals surface area contributed by atoms with E-state index in [0.29, 0.717) is 12.8 Å². The van der Waals surface area contributed by atoms with E-state index >= 15 is 0 Å². The van der Waals surface area contributed by atoms with E-state index in [-0.39, 0.29) is 95.7 Å². The summed E-state index contributed by atoms with van der Waals surface area (Å²) < 4.78 is 32.0. The predicted molar refractivity (Wildman–Crippen MR) is 223 cm³/mol. The largest absolute Gasteiger partial charge is 0.480 e. The second kappa shape index (κ2) is 35.4. The lowest BCUT2D eigenvalue weighted by Gasteiger charge is -2.28. The third-order valence-corrected chi connectivity index (χ3v) is 8.36. The first-order chi connectivity index (χ1) is 28.0. The molecular formula is C43H77N3O13. The van der Waals surface area contributed by atoms with Gasteiger partial charge in [-0.1, -0.05) is 77.0 Å². The smallest absolute Gasteiger partial charge is 0.329 e. The summed E-state index contributed by atoms with van der Waals surface area (Å²) in [6, 6.07) is 0. The van der Waals surface area contributed by atoms with Crippen molar-refractivity contribution in [2.75, 3.05) is 65.9 Å². The van der Waals surface area contributed by atoms with Crippen LogP contribution in [-0.2, 0) is 57.2 Å². The number of hydrogen-bond acceptors (Lipinski definition) is 12. The summed E-state index contributed by atoms with van der Waals surface area (Å²) in [6.45, 7) is 12.0. The molecule has 1 atom stereocenters. The van der Waals surface area contributed by atoms with Crippen molar-refractivity contribution < 1.29 is 62.3 Å². The van der Waals surface area contributed by atoms with Crippen LogP contribution in [0.15, 0.2) is 5.57 Å². The van der Waals surface area contributed by atoms with E-state index in [4.69, 9.17) is 33.5 Å². The number of carbonyl (C=O) groups excluding carboxylic acids is 5. The number of carbonyl (C=O) groups is 5. The van der Waals surface area contributed by atoms with E-state index in [2.05, 4.69) is 16.0 Å². The number of esters is 1. The number of carboxylic acids is 1. The molecule has 342 valence electrons. The maximum atomic E-state index is 12.8. The molecule has 4 N–H and O–H groups in total. The summed E-state index contributed by atoms with van der Waals surface area (Å²) in [6.07, 6.45) is 15.5. The number of ether oxygens (including phenoxy) is 6. The van der Waals surface area contributed by atoms with Gasteiger partial charge in [-0.3, -0.25) is 19.2 Å². The predicted octanol–water partition coefficient (Wildman–Crippen LogP) is 5.36. The zero-order chi connectivity index (χ0) is 44.2. The Hall–Kier alpha value is -3.40.